The van der Waals surface area contributed by atoms with Gasteiger partial charge in [0, 0.05) is 18.2 Å². The fourth-order valence-corrected chi connectivity index (χ4v) is 3.32. The van der Waals surface area contributed by atoms with Crippen LogP contribution in [0.5, 0.6) is 0 Å². The molecule has 2 rings (SSSR count). The van der Waals surface area contributed by atoms with Gasteiger partial charge in [-0.25, -0.2) is 0 Å². The average Bonchev–Trinajstić information content (AvgIpc) is 2.61. The summed E-state index contributed by atoms with van der Waals surface area (Å²) in [4.78, 5) is 0. The highest BCUT2D eigenvalue weighted by atomic mass is 32.2. The lowest BCUT2D eigenvalue weighted by Gasteiger charge is -2.23. The maximum absolute atomic E-state index is 5.26. The first-order valence-electron chi connectivity index (χ1n) is 5.06. The smallest absolute Gasteiger partial charge is 0.195 e. The highest BCUT2D eigenvalue weighted by Crippen LogP contribution is 2.27. The first kappa shape index (κ1) is 10.2. The van der Waals surface area contributed by atoms with Crippen molar-refractivity contribution in [3.63, 3.8) is 0 Å². The molecule has 0 amide bonds. The first-order chi connectivity index (χ1) is 6.83. The number of hydrogen-bond donors (Lipinski definition) is 1. The Morgan fingerprint density at radius 2 is 2.57 bits per heavy atom. The lowest BCUT2D eigenvalue weighted by Crippen LogP contribution is -2.18. The van der Waals surface area contributed by atoms with Crippen molar-refractivity contribution in [3.8, 4) is 0 Å². The Labute approximate surface area is 93.3 Å². The molecule has 0 radical (unpaired) electrons. The average molecular weight is 229 g/mol. The quantitative estimate of drug-likeness (QED) is 0.791. The number of hydrogen-bond acceptors (Lipinski definition) is 3. The van der Waals surface area contributed by atoms with E-state index in [0.717, 1.165) is 17.0 Å². The molecule has 0 aromatic carbocycles. The third kappa shape index (κ3) is 1.88. The van der Waals surface area contributed by atoms with Gasteiger partial charge >= 0.3 is 0 Å². The van der Waals surface area contributed by atoms with Crippen LogP contribution >= 0.6 is 24.0 Å². The highest BCUT2D eigenvalue weighted by Gasteiger charge is 2.18. The molecule has 1 fully saturated rings. The lowest BCUT2D eigenvalue weighted by atomic mass is 10.2. The monoisotopic (exact) mass is 229 g/mol. The number of aryl methyl sites for hydroxylation is 1. The third-order valence-corrected chi connectivity index (χ3v) is 4.08. The van der Waals surface area contributed by atoms with Gasteiger partial charge in [0.1, 0.15) is 5.82 Å². The van der Waals surface area contributed by atoms with Gasteiger partial charge in [0.05, 0.1) is 0 Å². The summed E-state index contributed by atoms with van der Waals surface area (Å²) in [6, 6.07) is 0.565. The Morgan fingerprint density at radius 1 is 1.71 bits per heavy atom. The molecule has 0 saturated carbocycles. The van der Waals surface area contributed by atoms with E-state index in [1.165, 1.54) is 24.3 Å². The molecular weight excluding hydrogens is 214 g/mol. The molecule has 0 spiro atoms. The first-order valence-corrected chi connectivity index (χ1v) is 6.62. The summed E-state index contributed by atoms with van der Waals surface area (Å²) < 4.78 is 3.00. The molecule has 0 bridgehead atoms. The molecule has 2 heterocycles. The maximum Gasteiger partial charge on any atom is 0.195 e. The van der Waals surface area contributed by atoms with E-state index in [-0.39, 0.29) is 0 Å². The molecule has 1 aliphatic rings. The van der Waals surface area contributed by atoms with Crippen LogP contribution in [0.3, 0.4) is 0 Å². The molecule has 0 aliphatic carbocycles. The summed E-state index contributed by atoms with van der Waals surface area (Å²) >= 11 is 7.28. The molecule has 1 atom stereocenters. The van der Waals surface area contributed by atoms with Gasteiger partial charge < -0.3 is 4.57 Å². The predicted octanol–water partition coefficient (Wildman–Crippen LogP) is 2.57. The van der Waals surface area contributed by atoms with E-state index >= 15 is 0 Å². The summed E-state index contributed by atoms with van der Waals surface area (Å²) in [6.45, 7) is 2.12. The fourth-order valence-electron chi connectivity index (χ4n) is 1.89. The van der Waals surface area contributed by atoms with Crippen LogP contribution in [0.2, 0.25) is 0 Å². The minimum atomic E-state index is 0.565. The van der Waals surface area contributed by atoms with Crippen LogP contribution in [-0.2, 0) is 6.42 Å². The van der Waals surface area contributed by atoms with Crippen molar-refractivity contribution < 1.29 is 0 Å². The molecule has 1 aliphatic heterocycles. The number of thioether (sulfide) groups is 1. The standard InChI is InChI=1S/C9H15N3S2/c1-2-8-10-11-9(13)12(8)7-4-3-5-14-6-7/h7H,2-6H2,1H3,(H,11,13). The molecule has 5 heteroatoms. The summed E-state index contributed by atoms with van der Waals surface area (Å²) in [5.41, 5.74) is 0. The van der Waals surface area contributed by atoms with Crippen LogP contribution in [0.4, 0.5) is 0 Å². The van der Waals surface area contributed by atoms with Crippen LogP contribution in [0.1, 0.15) is 31.6 Å². The molecule has 1 N–H and O–H groups in total. The summed E-state index contributed by atoms with van der Waals surface area (Å²) in [7, 11) is 0. The Balaban J connectivity index is 2.28. The molecule has 1 unspecified atom stereocenters. The van der Waals surface area contributed by atoms with Gasteiger partial charge in [-0.3, -0.25) is 5.10 Å². The molecule has 3 nitrogen and oxygen atoms in total. The minimum absolute atomic E-state index is 0.565. The van der Waals surface area contributed by atoms with Gasteiger partial charge in [-0.2, -0.15) is 16.9 Å². The van der Waals surface area contributed by atoms with Crippen molar-refractivity contribution in [2.45, 2.75) is 32.2 Å². The van der Waals surface area contributed by atoms with Crippen molar-refractivity contribution in [1.82, 2.24) is 14.8 Å². The highest BCUT2D eigenvalue weighted by molar-refractivity contribution is 7.99. The van der Waals surface area contributed by atoms with E-state index < -0.39 is 0 Å². The van der Waals surface area contributed by atoms with Crippen molar-refractivity contribution >= 4 is 24.0 Å². The Kier molecular flexibility index (Phi) is 3.28. The number of nitrogens with one attached hydrogen (secondary N) is 1. The second-order valence-electron chi connectivity index (χ2n) is 3.54. The number of aromatic nitrogens is 3. The molecule has 1 aromatic rings. The van der Waals surface area contributed by atoms with Crippen molar-refractivity contribution in [1.29, 1.82) is 0 Å². The zero-order chi connectivity index (χ0) is 9.97. The van der Waals surface area contributed by atoms with Gasteiger partial charge in [0.25, 0.3) is 0 Å². The van der Waals surface area contributed by atoms with Crippen molar-refractivity contribution in [3.05, 3.63) is 10.6 Å². The largest absolute Gasteiger partial charge is 0.300 e. The topological polar surface area (TPSA) is 33.6 Å². The van der Waals surface area contributed by atoms with E-state index in [1.54, 1.807) is 0 Å². The van der Waals surface area contributed by atoms with E-state index in [0.29, 0.717) is 6.04 Å². The number of H-pyrrole nitrogens is 1. The van der Waals surface area contributed by atoms with E-state index in [9.17, 15) is 0 Å². The Morgan fingerprint density at radius 3 is 3.21 bits per heavy atom. The number of aromatic amines is 1. The molecule has 1 aromatic heterocycles. The molecule has 14 heavy (non-hydrogen) atoms. The van der Waals surface area contributed by atoms with Crippen LogP contribution in [0.25, 0.3) is 0 Å². The van der Waals surface area contributed by atoms with E-state index in [4.69, 9.17) is 12.2 Å². The SMILES string of the molecule is CCc1n[nH]c(=S)n1C1CCCSC1. The molecular formula is C9H15N3S2. The second kappa shape index (κ2) is 4.49. The zero-order valence-corrected chi connectivity index (χ0v) is 9.96. The van der Waals surface area contributed by atoms with Crippen LogP contribution in [-0.4, -0.2) is 26.3 Å². The second-order valence-corrected chi connectivity index (χ2v) is 5.08. The third-order valence-electron chi connectivity index (χ3n) is 2.60. The van der Waals surface area contributed by atoms with E-state index in [1.807, 2.05) is 11.8 Å². The van der Waals surface area contributed by atoms with E-state index in [2.05, 4.69) is 21.7 Å². The maximum atomic E-state index is 5.26. The van der Waals surface area contributed by atoms with Gasteiger partial charge in [0.15, 0.2) is 4.77 Å². The van der Waals surface area contributed by atoms with Gasteiger partial charge in [-0.05, 0) is 30.8 Å². The van der Waals surface area contributed by atoms with Gasteiger partial charge in [-0.15, -0.1) is 0 Å². The summed E-state index contributed by atoms with van der Waals surface area (Å²) in [5.74, 6) is 3.58. The number of nitrogens with zero attached hydrogens (tertiary/aromatic N) is 2. The van der Waals surface area contributed by atoms with Gasteiger partial charge in [-0.1, -0.05) is 6.92 Å². The predicted molar refractivity (Wildman–Crippen MR) is 62.4 cm³/mol. The minimum Gasteiger partial charge on any atom is -0.300 e. The molecule has 78 valence electrons. The van der Waals surface area contributed by atoms with Crippen molar-refractivity contribution in [2.75, 3.05) is 11.5 Å². The fraction of sp³-hybridized carbons (Fsp3) is 0.778. The van der Waals surface area contributed by atoms with Crippen LogP contribution in [0.15, 0.2) is 0 Å². The normalized spacial score (nSPS) is 22.5. The Hall–Kier alpha value is -0.290. The van der Waals surface area contributed by atoms with Crippen molar-refractivity contribution in [2.24, 2.45) is 0 Å². The number of rotatable bonds is 2. The summed E-state index contributed by atoms with van der Waals surface area (Å²) in [6.07, 6.45) is 3.49. The lowest BCUT2D eigenvalue weighted by molar-refractivity contribution is 0.478. The Bertz CT molecular complexity index is 349. The van der Waals surface area contributed by atoms with Crippen LogP contribution < -0.4 is 0 Å². The molecule has 1 saturated heterocycles. The van der Waals surface area contributed by atoms with Gasteiger partial charge in [0.2, 0.25) is 0 Å². The zero-order valence-electron chi connectivity index (χ0n) is 8.32. The summed E-state index contributed by atoms with van der Waals surface area (Å²) in [5, 5.41) is 7.14. The van der Waals surface area contributed by atoms with Crippen LogP contribution in [0, 0.1) is 4.77 Å².